The van der Waals surface area contributed by atoms with E-state index in [-0.39, 0.29) is 5.60 Å². The summed E-state index contributed by atoms with van der Waals surface area (Å²) in [4.78, 5) is 0. The van der Waals surface area contributed by atoms with Crippen LogP contribution in [0.1, 0.15) is 72.6 Å². The monoisotopic (exact) mass is 267 g/mol. The summed E-state index contributed by atoms with van der Waals surface area (Å²) in [6.45, 7) is 11.4. The predicted molar refractivity (Wildman–Crippen MR) is 81.4 cm³/mol. The molecule has 2 aliphatic rings. The summed E-state index contributed by atoms with van der Waals surface area (Å²) in [6, 6.07) is 0.794. The molecule has 0 aromatic rings. The molecule has 2 saturated carbocycles. The van der Waals surface area contributed by atoms with Gasteiger partial charge >= 0.3 is 0 Å². The van der Waals surface area contributed by atoms with E-state index in [4.69, 9.17) is 4.74 Å². The average Bonchev–Trinajstić information content (AvgIpc) is 3.18. The Kier molecular flexibility index (Phi) is 4.94. The molecule has 1 N–H and O–H groups in total. The molecule has 2 heteroatoms. The van der Waals surface area contributed by atoms with Gasteiger partial charge in [0.15, 0.2) is 0 Å². The summed E-state index contributed by atoms with van der Waals surface area (Å²) in [5.74, 6) is 0.867. The molecular weight excluding hydrogens is 234 g/mol. The quantitative estimate of drug-likeness (QED) is 0.781. The number of ether oxygens (including phenoxy) is 1. The lowest BCUT2D eigenvalue weighted by molar-refractivity contribution is -0.0844. The van der Waals surface area contributed by atoms with Crippen molar-refractivity contribution in [2.24, 2.45) is 11.3 Å². The van der Waals surface area contributed by atoms with Crippen LogP contribution in [-0.2, 0) is 4.74 Å². The summed E-state index contributed by atoms with van der Waals surface area (Å²) >= 11 is 0. The first-order valence-electron chi connectivity index (χ1n) is 8.32. The van der Waals surface area contributed by atoms with Crippen LogP contribution >= 0.6 is 0 Å². The van der Waals surface area contributed by atoms with E-state index >= 15 is 0 Å². The molecule has 0 bridgehead atoms. The van der Waals surface area contributed by atoms with Crippen molar-refractivity contribution in [1.29, 1.82) is 0 Å². The summed E-state index contributed by atoms with van der Waals surface area (Å²) < 4.78 is 6.30. The number of rotatable bonds is 6. The second kappa shape index (κ2) is 6.13. The summed E-state index contributed by atoms with van der Waals surface area (Å²) in [5.41, 5.74) is 0.598. The minimum absolute atomic E-state index is 0.139. The third kappa shape index (κ3) is 4.46. The molecule has 0 spiro atoms. The summed E-state index contributed by atoms with van der Waals surface area (Å²) in [5, 5.41) is 3.70. The van der Waals surface area contributed by atoms with Crippen LogP contribution in [0.4, 0.5) is 0 Å². The normalized spacial score (nSPS) is 32.5. The van der Waals surface area contributed by atoms with Gasteiger partial charge in [0.05, 0.1) is 5.60 Å². The lowest BCUT2D eigenvalue weighted by Gasteiger charge is -2.44. The molecule has 0 aromatic carbocycles. The van der Waals surface area contributed by atoms with Crippen molar-refractivity contribution in [3.05, 3.63) is 0 Å². The zero-order valence-corrected chi connectivity index (χ0v) is 13.4. The van der Waals surface area contributed by atoms with Gasteiger partial charge in [-0.25, -0.2) is 0 Å². The van der Waals surface area contributed by atoms with Crippen LogP contribution in [-0.4, -0.2) is 24.8 Å². The molecule has 0 unspecified atom stereocenters. The summed E-state index contributed by atoms with van der Waals surface area (Å²) in [6.07, 6.45) is 9.03. The third-order valence-electron chi connectivity index (χ3n) is 5.02. The molecule has 0 saturated heterocycles. The van der Waals surface area contributed by atoms with Crippen LogP contribution in [0.3, 0.4) is 0 Å². The highest BCUT2D eigenvalue weighted by Gasteiger charge is 2.40. The summed E-state index contributed by atoms with van der Waals surface area (Å²) in [7, 11) is 0. The van der Waals surface area contributed by atoms with E-state index in [1.165, 1.54) is 38.5 Å². The SMILES string of the molecule is CCCOC1(CNC2CC2)CCC(C(C)(C)C)CC1. The van der Waals surface area contributed by atoms with Crippen LogP contribution < -0.4 is 5.32 Å². The first-order chi connectivity index (χ1) is 8.95. The Balaban J connectivity index is 1.87. The van der Waals surface area contributed by atoms with Crippen molar-refractivity contribution in [2.75, 3.05) is 13.2 Å². The van der Waals surface area contributed by atoms with E-state index in [0.717, 1.165) is 31.5 Å². The Bertz CT molecular complexity index is 269. The molecule has 0 amide bonds. The largest absolute Gasteiger partial charge is 0.374 e. The molecular formula is C17H33NO. The van der Waals surface area contributed by atoms with E-state index < -0.39 is 0 Å². The second-order valence-corrected chi connectivity index (χ2v) is 7.83. The Hall–Kier alpha value is -0.0800. The van der Waals surface area contributed by atoms with Gasteiger partial charge in [-0.15, -0.1) is 0 Å². The molecule has 0 radical (unpaired) electrons. The number of nitrogens with one attached hydrogen (secondary N) is 1. The van der Waals surface area contributed by atoms with E-state index in [1.54, 1.807) is 0 Å². The van der Waals surface area contributed by atoms with Gasteiger partial charge in [-0.2, -0.15) is 0 Å². The van der Waals surface area contributed by atoms with Gasteiger partial charge in [0.2, 0.25) is 0 Å². The topological polar surface area (TPSA) is 21.3 Å². The zero-order chi connectivity index (χ0) is 13.9. The maximum atomic E-state index is 6.30. The standard InChI is InChI=1S/C17H33NO/c1-5-12-19-17(13-18-15-6-7-15)10-8-14(9-11-17)16(2,3)4/h14-15,18H,5-13H2,1-4H3. The van der Waals surface area contributed by atoms with Crippen LogP contribution in [0, 0.1) is 11.3 Å². The zero-order valence-electron chi connectivity index (χ0n) is 13.4. The minimum atomic E-state index is 0.139. The van der Waals surface area contributed by atoms with Gasteiger partial charge in [-0.3, -0.25) is 0 Å². The lowest BCUT2D eigenvalue weighted by Crippen LogP contribution is -2.47. The minimum Gasteiger partial charge on any atom is -0.374 e. The van der Waals surface area contributed by atoms with E-state index in [9.17, 15) is 0 Å². The van der Waals surface area contributed by atoms with E-state index in [1.807, 2.05) is 0 Å². The van der Waals surface area contributed by atoms with Crippen LogP contribution in [0.25, 0.3) is 0 Å². The molecule has 0 aliphatic heterocycles. The Morgan fingerprint density at radius 2 is 1.74 bits per heavy atom. The van der Waals surface area contributed by atoms with Gasteiger partial charge in [-0.1, -0.05) is 27.7 Å². The maximum absolute atomic E-state index is 6.30. The Morgan fingerprint density at radius 1 is 1.11 bits per heavy atom. The molecule has 2 aliphatic carbocycles. The van der Waals surface area contributed by atoms with Gasteiger partial charge in [0.25, 0.3) is 0 Å². The Morgan fingerprint density at radius 3 is 2.21 bits per heavy atom. The van der Waals surface area contributed by atoms with Gasteiger partial charge < -0.3 is 10.1 Å². The highest BCUT2D eigenvalue weighted by Crippen LogP contribution is 2.43. The third-order valence-corrected chi connectivity index (χ3v) is 5.02. The van der Waals surface area contributed by atoms with Crippen LogP contribution in [0.15, 0.2) is 0 Å². The van der Waals surface area contributed by atoms with Crippen LogP contribution in [0.5, 0.6) is 0 Å². The molecule has 112 valence electrons. The fraction of sp³-hybridized carbons (Fsp3) is 1.00. The maximum Gasteiger partial charge on any atom is 0.0806 e. The lowest BCUT2D eigenvalue weighted by atomic mass is 9.68. The average molecular weight is 267 g/mol. The smallest absolute Gasteiger partial charge is 0.0806 e. The second-order valence-electron chi connectivity index (χ2n) is 7.83. The molecule has 19 heavy (non-hydrogen) atoms. The first kappa shape index (κ1) is 15.3. The molecule has 2 nitrogen and oxygen atoms in total. The molecule has 0 aromatic heterocycles. The van der Waals surface area contributed by atoms with Gasteiger partial charge in [-0.05, 0) is 56.3 Å². The highest BCUT2D eigenvalue weighted by molar-refractivity contribution is 4.94. The fourth-order valence-corrected chi connectivity index (χ4v) is 3.32. The van der Waals surface area contributed by atoms with Crippen molar-refractivity contribution >= 4 is 0 Å². The predicted octanol–water partition coefficient (Wildman–Crippen LogP) is 4.14. The van der Waals surface area contributed by atoms with E-state index in [0.29, 0.717) is 5.41 Å². The van der Waals surface area contributed by atoms with Crippen molar-refractivity contribution in [3.8, 4) is 0 Å². The number of hydrogen-bond donors (Lipinski definition) is 1. The van der Waals surface area contributed by atoms with Crippen molar-refractivity contribution < 1.29 is 4.74 Å². The van der Waals surface area contributed by atoms with Crippen LogP contribution in [0.2, 0.25) is 0 Å². The van der Waals surface area contributed by atoms with Crippen molar-refractivity contribution in [2.45, 2.75) is 84.3 Å². The highest BCUT2D eigenvalue weighted by atomic mass is 16.5. The molecule has 0 heterocycles. The molecule has 2 rings (SSSR count). The first-order valence-corrected chi connectivity index (χ1v) is 8.32. The molecule has 0 atom stereocenters. The van der Waals surface area contributed by atoms with E-state index in [2.05, 4.69) is 33.0 Å². The Labute approximate surface area is 119 Å². The number of hydrogen-bond acceptors (Lipinski definition) is 2. The molecule has 2 fully saturated rings. The van der Waals surface area contributed by atoms with Gasteiger partial charge in [0.1, 0.15) is 0 Å². The van der Waals surface area contributed by atoms with Crippen molar-refractivity contribution in [1.82, 2.24) is 5.32 Å². The fourth-order valence-electron chi connectivity index (χ4n) is 3.32. The van der Waals surface area contributed by atoms with Gasteiger partial charge in [0, 0.05) is 19.2 Å². The van der Waals surface area contributed by atoms with Crippen molar-refractivity contribution in [3.63, 3.8) is 0 Å².